The van der Waals surface area contributed by atoms with Crippen LogP contribution in [0.25, 0.3) is 0 Å². The van der Waals surface area contributed by atoms with Crippen molar-refractivity contribution < 1.29 is 9.59 Å². The zero-order valence-electron chi connectivity index (χ0n) is 17.5. The van der Waals surface area contributed by atoms with Gasteiger partial charge in [0.25, 0.3) is 0 Å². The second-order valence-electron chi connectivity index (χ2n) is 7.89. The Labute approximate surface area is 164 Å². The Bertz CT molecular complexity index is 659. The van der Waals surface area contributed by atoms with Gasteiger partial charge in [0.15, 0.2) is 0 Å². The van der Waals surface area contributed by atoms with Crippen LogP contribution in [0.1, 0.15) is 57.6 Å². The van der Waals surface area contributed by atoms with Crippen LogP contribution in [-0.2, 0) is 9.59 Å². The van der Waals surface area contributed by atoms with E-state index in [1.54, 1.807) is 4.90 Å². The normalized spacial score (nSPS) is 18.8. The van der Waals surface area contributed by atoms with Gasteiger partial charge in [-0.15, -0.1) is 0 Å². The van der Waals surface area contributed by atoms with Gasteiger partial charge in [0.1, 0.15) is 6.54 Å². The molecule has 5 nitrogen and oxygen atoms in total. The summed E-state index contributed by atoms with van der Waals surface area (Å²) in [4.78, 5) is 29.6. The average Bonchev–Trinajstić information content (AvgIpc) is 2.64. The molecule has 0 aliphatic carbocycles. The number of carbonyl (C=O) groups excluding carboxylic acids is 2. The maximum Gasteiger partial charge on any atom is 0.244 e. The smallest absolute Gasteiger partial charge is 0.244 e. The van der Waals surface area contributed by atoms with E-state index < -0.39 is 0 Å². The quantitative estimate of drug-likeness (QED) is 0.792. The minimum Gasteiger partial charge on any atom is -0.330 e. The van der Waals surface area contributed by atoms with Gasteiger partial charge in [0, 0.05) is 17.8 Å². The Morgan fingerprint density at radius 1 is 1.30 bits per heavy atom. The Morgan fingerprint density at radius 2 is 2.04 bits per heavy atom. The van der Waals surface area contributed by atoms with E-state index in [-0.39, 0.29) is 24.4 Å². The van der Waals surface area contributed by atoms with Gasteiger partial charge >= 0.3 is 0 Å². The van der Waals surface area contributed by atoms with Crippen molar-refractivity contribution in [3.63, 3.8) is 0 Å². The van der Waals surface area contributed by atoms with Gasteiger partial charge in [-0.1, -0.05) is 25.5 Å². The predicted molar refractivity (Wildman–Crippen MR) is 111 cm³/mol. The van der Waals surface area contributed by atoms with Crippen molar-refractivity contribution in [3.05, 3.63) is 29.3 Å². The van der Waals surface area contributed by atoms with Crippen LogP contribution in [0.2, 0.25) is 0 Å². The lowest BCUT2D eigenvalue weighted by atomic mass is 10.0. The summed E-state index contributed by atoms with van der Waals surface area (Å²) in [6.45, 7) is 11.8. The van der Waals surface area contributed by atoms with Crippen LogP contribution >= 0.6 is 0 Å². The number of nitrogens with zero attached hydrogens (tertiary/aromatic N) is 2. The monoisotopic (exact) mass is 373 g/mol. The van der Waals surface area contributed by atoms with Gasteiger partial charge in [-0.3, -0.25) is 14.5 Å². The van der Waals surface area contributed by atoms with Gasteiger partial charge < -0.3 is 10.2 Å². The summed E-state index contributed by atoms with van der Waals surface area (Å²) in [6, 6.07) is 6.35. The minimum atomic E-state index is -0.135. The summed E-state index contributed by atoms with van der Waals surface area (Å²) in [7, 11) is 0. The fourth-order valence-corrected chi connectivity index (χ4v) is 3.60. The number of piperidine rings is 1. The summed E-state index contributed by atoms with van der Waals surface area (Å²) in [5, 5.41) is 2.98. The van der Waals surface area contributed by atoms with E-state index in [0.29, 0.717) is 12.6 Å². The molecule has 2 amide bonds. The highest BCUT2D eigenvalue weighted by atomic mass is 16.2. The third-order valence-corrected chi connectivity index (χ3v) is 5.91. The van der Waals surface area contributed by atoms with Crippen LogP contribution in [0.4, 0.5) is 5.69 Å². The number of benzene rings is 1. The lowest BCUT2D eigenvalue weighted by Gasteiger charge is -2.36. The Hall–Kier alpha value is -1.88. The molecule has 1 saturated heterocycles. The first-order chi connectivity index (χ1) is 12.8. The highest BCUT2D eigenvalue weighted by Gasteiger charge is 2.26. The Kier molecular flexibility index (Phi) is 7.84. The van der Waals surface area contributed by atoms with Crippen LogP contribution in [0, 0.1) is 13.8 Å². The zero-order chi connectivity index (χ0) is 20.0. The van der Waals surface area contributed by atoms with E-state index in [2.05, 4.69) is 24.1 Å². The number of aryl methyl sites for hydroxylation is 1. The maximum absolute atomic E-state index is 13.0. The average molecular weight is 374 g/mol. The van der Waals surface area contributed by atoms with Crippen LogP contribution in [0.5, 0.6) is 0 Å². The summed E-state index contributed by atoms with van der Waals surface area (Å²) >= 11 is 0. The molecule has 0 bridgehead atoms. The SMILES string of the molecule is CC[C@@H](C)N(CC(=O)Nc1cccc(C)c1C)C(=O)CN1CCCC[C@@H]1C. The second-order valence-corrected chi connectivity index (χ2v) is 7.89. The van der Waals surface area contributed by atoms with Crippen molar-refractivity contribution in [1.29, 1.82) is 0 Å². The van der Waals surface area contributed by atoms with E-state index in [1.165, 1.54) is 6.42 Å². The number of hydrogen-bond donors (Lipinski definition) is 1. The Morgan fingerprint density at radius 3 is 2.70 bits per heavy atom. The lowest BCUT2D eigenvalue weighted by Crippen LogP contribution is -2.50. The lowest BCUT2D eigenvalue weighted by molar-refractivity contribution is -0.138. The summed E-state index contributed by atoms with van der Waals surface area (Å²) < 4.78 is 0. The number of amides is 2. The molecule has 2 rings (SSSR count). The standard InChI is InChI=1S/C22H35N3O2/c1-6-17(3)25(22(27)15-24-13-8-7-11-18(24)4)14-21(26)23-20-12-9-10-16(2)19(20)5/h9-10,12,17-18H,6-8,11,13-15H2,1-5H3,(H,23,26)/t17-,18+/m1/s1. The molecule has 0 radical (unpaired) electrons. The van der Waals surface area contributed by atoms with Crippen molar-refractivity contribution in [2.24, 2.45) is 0 Å². The van der Waals surface area contributed by atoms with Crippen LogP contribution in [0.3, 0.4) is 0 Å². The molecule has 27 heavy (non-hydrogen) atoms. The van der Waals surface area contributed by atoms with Gasteiger partial charge in [-0.2, -0.15) is 0 Å². The highest BCUT2D eigenvalue weighted by Crippen LogP contribution is 2.19. The number of carbonyl (C=O) groups is 2. The van der Waals surface area contributed by atoms with Crippen LogP contribution in [-0.4, -0.2) is 53.3 Å². The molecule has 1 aromatic carbocycles. The summed E-state index contributed by atoms with van der Waals surface area (Å²) in [5.74, 6) is -0.0849. The number of hydrogen-bond acceptors (Lipinski definition) is 3. The van der Waals surface area contributed by atoms with E-state index in [1.807, 2.05) is 39.0 Å². The summed E-state index contributed by atoms with van der Waals surface area (Å²) in [6.07, 6.45) is 4.36. The predicted octanol–water partition coefficient (Wildman–Crippen LogP) is 3.74. The molecular weight excluding hydrogens is 338 g/mol. The topological polar surface area (TPSA) is 52.7 Å². The third-order valence-electron chi connectivity index (χ3n) is 5.91. The van der Waals surface area contributed by atoms with E-state index in [4.69, 9.17) is 0 Å². The number of anilines is 1. The molecular formula is C22H35N3O2. The van der Waals surface area contributed by atoms with Crippen molar-refractivity contribution in [3.8, 4) is 0 Å². The molecule has 0 saturated carbocycles. The molecule has 2 atom stereocenters. The molecule has 1 aliphatic rings. The highest BCUT2D eigenvalue weighted by molar-refractivity contribution is 5.95. The molecule has 1 N–H and O–H groups in total. The first-order valence-electron chi connectivity index (χ1n) is 10.2. The maximum atomic E-state index is 13.0. The fourth-order valence-electron chi connectivity index (χ4n) is 3.60. The molecule has 1 aliphatic heterocycles. The molecule has 0 aromatic heterocycles. The summed E-state index contributed by atoms with van der Waals surface area (Å²) in [5.41, 5.74) is 3.03. The second kappa shape index (κ2) is 9.88. The van der Waals surface area contributed by atoms with E-state index >= 15 is 0 Å². The third kappa shape index (κ3) is 5.80. The number of rotatable bonds is 7. The molecule has 150 valence electrons. The van der Waals surface area contributed by atoms with Gasteiger partial charge in [0.05, 0.1) is 6.54 Å². The minimum absolute atomic E-state index is 0.0435. The zero-order valence-corrected chi connectivity index (χ0v) is 17.5. The van der Waals surface area contributed by atoms with Crippen molar-refractivity contribution in [2.45, 2.75) is 72.4 Å². The largest absolute Gasteiger partial charge is 0.330 e. The molecule has 1 fully saturated rings. The number of likely N-dealkylation sites (tertiary alicyclic amines) is 1. The first kappa shape index (κ1) is 21.4. The van der Waals surface area contributed by atoms with Crippen LogP contribution < -0.4 is 5.32 Å². The van der Waals surface area contributed by atoms with Gasteiger partial charge in [0.2, 0.25) is 11.8 Å². The van der Waals surface area contributed by atoms with Crippen molar-refractivity contribution >= 4 is 17.5 Å². The molecule has 0 unspecified atom stereocenters. The number of nitrogens with one attached hydrogen (secondary N) is 1. The van der Waals surface area contributed by atoms with E-state index in [9.17, 15) is 9.59 Å². The van der Waals surface area contributed by atoms with Gasteiger partial charge in [-0.05, 0) is 70.7 Å². The van der Waals surface area contributed by atoms with Crippen molar-refractivity contribution in [2.75, 3.05) is 25.0 Å². The molecule has 0 spiro atoms. The van der Waals surface area contributed by atoms with Crippen molar-refractivity contribution in [1.82, 2.24) is 9.80 Å². The fraction of sp³-hybridized carbons (Fsp3) is 0.636. The van der Waals surface area contributed by atoms with E-state index in [0.717, 1.165) is 42.6 Å². The molecule has 1 heterocycles. The van der Waals surface area contributed by atoms with Crippen LogP contribution in [0.15, 0.2) is 18.2 Å². The van der Waals surface area contributed by atoms with Gasteiger partial charge in [-0.25, -0.2) is 0 Å². The Balaban J connectivity index is 2.03. The molecule has 1 aromatic rings. The molecule has 5 heteroatoms. The first-order valence-corrected chi connectivity index (χ1v) is 10.2.